The molecule has 0 saturated heterocycles. The number of nitrogens with one attached hydrogen (secondary N) is 1. The number of rotatable bonds is 4. The van der Waals surface area contributed by atoms with E-state index in [1.165, 1.54) is 13.1 Å². The first-order valence-corrected chi connectivity index (χ1v) is 6.31. The van der Waals surface area contributed by atoms with Gasteiger partial charge in [0.15, 0.2) is 0 Å². The van der Waals surface area contributed by atoms with Gasteiger partial charge >= 0.3 is 0 Å². The summed E-state index contributed by atoms with van der Waals surface area (Å²) in [5.41, 5.74) is 3.04. The van der Waals surface area contributed by atoms with Gasteiger partial charge in [0, 0.05) is 10.6 Å². The molecule has 104 valence electrons. The number of hydrogen-bond acceptors (Lipinski definition) is 4. The van der Waals surface area contributed by atoms with E-state index in [0.29, 0.717) is 16.5 Å². The van der Waals surface area contributed by atoms with E-state index in [1.807, 2.05) is 12.1 Å². The van der Waals surface area contributed by atoms with E-state index < -0.39 is 12.0 Å². The van der Waals surface area contributed by atoms with Crippen LogP contribution in [0.5, 0.6) is 0 Å². The molecule has 20 heavy (non-hydrogen) atoms. The fourth-order valence-electron chi connectivity index (χ4n) is 1.47. The Morgan fingerprint density at radius 1 is 1.45 bits per heavy atom. The molecule has 1 amide bonds. The number of hydrogen-bond donors (Lipinski definition) is 2. The van der Waals surface area contributed by atoms with Gasteiger partial charge in [-0.05, 0) is 31.2 Å². The summed E-state index contributed by atoms with van der Waals surface area (Å²) in [6, 6.07) is 10.8. The number of amides is 1. The van der Waals surface area contributed by atoms with Gasteiger partial charge in [0.25, 0.3) is 5.91 Å². The standard InChI is InChI=1S/C14H13ClN2O3/c1-9(18)14(19)17-16-8-12-5-6-13(20-12)10-3-2-4-11(15)7-10/h2-9,18H,1H3,(H,17,19)/b16-8+/t9-/m0/s1. The molecule has 5 nitrogen and oxygen atoms in total. The van der Waals surface area contributed by atoms with Gasteiger partial charge < -0.3 is 9.52 Å². The number of hydrazone groups is 1. The third kappa shape index (κ3) is 3.69. The van der Waals surface area contributed by atoms with E-state index in [4.69, 9.17) is 21.1 Å². The van der Waals surface area contributed by atoms with Crippen LogP contribution in [0.4, 0.5) is 0 Å². The Labute approximate surface area is 120 Å². The molecule has 0 spiro atoms. The molecule has 0 radical (unpaired) electrons. The molecule has 1 aromatic heterocycles. The van der Waals surface area contributed by atoms with Crippen molar-refractivity contribution >= 4 is 23.7 Å². The Hall–Kier alpha value is -2.11. The van der Waals surface area contributed by atoms with Gasteiger partial charge in [-0.15, -0.1) is 0 Å². The molecule has 6 heteroatoms. The maximum absolute atomic E-state index is 11.1. The van der Waals surface area contributed by atoms with Gasteiger partial charge in [0.05, 0.1) is 6.21 Å². The van der Waals surface area contributed by atoms with Gasteiger partial charge in [-0.25, -0.2) is 5.43 Å². The highest BCUT2D eigenvalue weighted by Crippen LogP contribution is 2.24. The number of aliphatic hydroxyl groups is 1. The van der Waals surface area contributed by atoms with Gasteiger partial charge in [-0.1, -0.05) is 23.7 Å². The molecule has 1 aromatic carbocycles. The summed E-state index contributed by atoms with van der Waals surface area (Å²) < 4.78 is 5.55. The molecular weight excluding hydrogens is 280 g/mol. The van der Waals surface area contributed by atoms with Gasteiger partial charge in [0.2, 0.25) is 0 Å². The molecule has 2 rings (SSSR count). The van der Waals surface area contributed by atoms with Crippen molar-refractivity contribution in [2.75, 3.05) is 0 Å². The third-order valence-corrected chi connectivity index (χ3v) is 2.72. The molecule has 0 unspecified atom stereocenters. The summed E-state index contributed by atoms with van der Waals surface area (Å²) in [4.78, 5) is 11.1. The zero-order valence-electron chi connectivity index (χ0n) is 10.7. The lowest BCUT2D eigenvalue weighted by molar-refractivity contribution is -0.128. The second-order valence-electron chi connectivity index (χ2n) is 4.12. The molecule has 0 bridgehead atoms. The number of nitrogens with zero attached hydrogens (tertiary/aromatic N) is 1. The van der Waals surface area contributed by atoms with Crippen LogP contribution in [0.3, 0.4) is 0 Å². The van der Waals surface area contributed by atoms with Crippen LogP contribution in [-0.4, -0.2) is 23.3 Å². The van der Waals surface area contributed by atoms with Crippen molar-refractivity contribution in [3.63, 3.8) is 0 Å². The van der Waals surface area contributed by atoms with Crippen molar-refractivity contribution < 1.29 is 14.3 Å². The van der Waals surface area contributed by atoms with Gasteiger partial charge in [-0.3, -0.25) is 4.79 Å². The highest BCUT2D eigenvalue weighted by atomic mass is 35.5. The molecule has 2 N–H and O–H groups in total. The predicted molar refractivity (Wildman–Crippen MR) is 76.6 cm³/mol. The maximum atomic E-state index is 11.1. The zero-order valence-corrected chi connectivity index (χ0v) is 11.5. The first-order chi connectivity index (χ1) is 9.56. The van der Waals surface area contributed by atoms with Crippen LogP contribution in [0.15, 0.2) is 45.9 Å². The van der Waals surface area contributed by atoms with Crippen LogP contribution in [0.2, 0.25) is 5.02 Å². The fourth-order valence-corrected chi connectivity index (χ4v) is 1.66. The summed E-state index contributed by atoms with van der Waals surface area (Å²) in [6.45, 7) is 1.36. The van der Waals surface area contributed by atoms with Crippen molar-refractivity contribution in [2.45, 2.75) is 13.0 Å². The summed E-state index contributed by atoms with van der Waals surface area (Å²) in [5, 5.41) is 13.3. The van der Waals surface area contributed by atoms with E-state index in [-0.39, 0.29) is 0 Å². The number of carbonyl (C=O) groups excluding carboxylic acids is 1. The minimum absolute atomic E-state index is 0.478. The summed E-state index contributed by atoms with van der Waals surface area (Å²) in [7, 11) is 0. The summed E-state index contributed by atoms with van der Waals surface area (Å²) in [5.74, 6) is 0.546. The number of benzene rings is 1. The Balaban J connectivity index is 2.06. The molecule has 0 aliphatic rings. The van der Waals surface area contributed by atoms with Crippen molar-refractivity contribution in [2.24, 2.45) is 5.10 Å². The monoisotopic (exact) mass is 292 g/mol. The molecular formula is C14H13ClN2O3. The largest absolute Gasteiger partial charge is 0.455 e. The molecule has 1 atom stereocenters. The average molecular weight is 293 g/mol. The topological polar surface area (TPSA) is 74.8 Å². The molecule has 0 fully saturated rings. The lowest BCUT2D eigenvalue weighted by Gasteiger charge is -2.00. The lowest BCUT2D eigenvalue weighted by atomic mass is 10.2. The first kappa shape index (κ1) is 14.3. The molecule has 0 saturated carbocycles. The number of carbonyl (C=O) groups is 1. The Morgan fingerprint density at radius 2 is 2.25 bits per heavy atom. The first-order valence-electron chi connectivity index (χ1n) is 5.93. The van der Waals surface area contributed by atoms with E-state index >= 15 is 0 Å². The second-order valence-corrected chi connectivity index (χ2v) is 4.56. The Bertz CT molecular complexity index is 635. The van der Waals surface area contributed by atoms with Crippen LogP contribution >= 0.6 is 11.6 Å². The SMILES string of the molecule is C[C@H](O)C(=O)N/N=C/c1ccc(-c2cccc(Cl)c2)o1. The van der Waals surface area contributed by atoms with Crippen molar-refractivity contribution in [1.29, 1.82) is 0 Å². The number of aliphatic hydroxyl groups excluding tert-OH is 1. The highest BCUT2D eigenvalue weighted by Gasteiger charge is 2.07. The maximum Gasteiger partial charge on any atom is 0.268 e. The summed E-state index contributed by atoms with van der Waals surface area (Å²) >= 11 is 5.91. The molecule has 1 heterocycles. The van der Waals surface area contributed by atoms with Gasteiger partial charge in [0.1, 0.15) is 17.6 Å². The van der Waals surface area contributed by atoms with Crippen molar-refractivity contribution in [3.05, 3.63) is 47.2 Å². The fraction of sp³-hybridized carbons (Fsp3) is 0.143. The van der Waals surface area contributed by atoms with Crippen LogP contribution in [0.1, 0.15) is 12.7 Å². The zero-order chi connectivity index (χ0) is 14.5. The van der Waals surface area contributed by atoms with Crippen molar-refractivity contribution in [3.8, 4) is 11.3 Å². The van der Waals surface area contributed by atoms with E-state index in [2.05, 4.69) is 10.5 Å². The van der Waals surface area contributed by atoms with Crippen LogP contribution in [-0.2, 0) is 4.79 Å². The average Bonchev–Trinajstić information content (AvgIpc) is 2.87. The highest BCUT2D eigenvalue weighted by molar-refractivity contribution is 6.30. The van der Waals surface area contributed by atoms with E-state index in [0.717, 1.165) is 5.56 Å². The molecule has 2 aromatic rings. The second kappa shape index (κ2) is 6.36. The summed E-state index contributed by atoms with van der Waals surface area (Å²) in [6.07, 6.45) is 0.250. The number of furan rings is 1. The third-order valence-electron chi connectivity index (χ3n) is 2.48. The van der Waals surface area contributed by atoms with E-state index in [9.17, 15) is 4.79 Å². The number of halogens is 1. The van der Waals surface area contributed by atoms with Crippen LogP contribution in [0, 0.1) is 0 Å². The quantitative estimate of drug-likeness (QED) is 0.671. The minimum Gasteiger partial charge on any atom is -0.455 e. The van der Waals surface area contributed by atoms with E-state index in [1.54, 1.807) is 24.3 Å². The minimum atomic E-state index is -1.11. The van der Waals surface area contributed by atoms with Crippen LogP contribution in [0.25, 0.3) is 11.3 Å². The molecule has 0 aliphatic carbocycles. The predicted octanol–water partition coefficient (Wildman–Crippen LogP) is 2.43. The normalized spacial score (nSPS) is 12.6. The smallest absolute Gasteiger partial charge is 0.268 e. The molecule has 0 aliphatic heterocycles. The van der Waals surface area contributed by atoms with Gasteiger partial charge in [-0.2, -0.15) is 5.10 Å². The Kier molecular flexibility index (Phi) is 4.55. The van der Waals surface area contributed by atoms with Crippen molar-refractivity contribution in [1.82, 2.24) is 5.43 Å². The Morgan fingerprint density at radius 3 is 2.95 bits per heavy atom. The van der Waals surface area contributed by atoms with Crippen LogP contribution < -0.4 is 5.43 Å². The lowest BCUT2D eigenvalue weighted by Crippen LogP contribution is -2.28.